The zero-order chi connectivity index (χ0) is 13.0. The first-order valence-electron chi connectivity index (χ1n) is 6.54. The van der Waals surface area contributed by atoms with E-state index in [-0.39, 0.29) is 0 Å². The van der Waals surface area contributed by atoms with Crippen LogP contribution in [0.3, 0.4) is 0 Å². The van der Waals surface area contributed by atoms with Gasteiger partial charge in [0.05, 0.1) is 0 Å². The van der Waals surface area contributed by atoms with E-state index in [2.05, 4.69) is 60.9 Å². The molecule has 0 bridgehead atoms. The molecular weight excluding hydrogens is 240 g/mol. The molecule has 0 fully saturated rings. The number of rotatable bonds is 6. The Balaban J connectivity index is 2.15. The van der Waals surface area contributed by atoms with Gasteiger partial charge in [-0.1, -0.05) is 25.1 Å². The zero-order valence-corrected chi connectivity index (χ0v) is 12.3. The summed E-state index contributed by atoms with van der Waals surface area (Å²) in [4.78, 5) is 2.25. The molecule has 1 unspecified atom stereocenters. The van der Waals surface area contributed by atoms with Gasteiger partial charge in [0, 0.05) is 17.3 Å². The molecule has 1 heterocycles. The molecule has 0 aliphatic carbocycles. The van der Waals surface area contributed by atoms with E-state index in [0.717, 1.165) is 19.5 Å². The Morgan fingerprint density at radius 3 is 2.78 bits per heavy atom. The van der Waals surface area contributed by atoms with E-state index in [0.29, 0.717) is 6.04 Å². The number of hydrogen-bond donors (Lipinski definition) is 1. The van der Waals surface area contributed by atoms with Crippen LogP contribution >= 0.6 is 11.3 Å². The first kappa shape index (κ1) is 13.5. The summed E-state index contributed by atoms with van der Waals surface area (Å²) < 4.78 is 1.40. The van der Waals surface area contributed by atoms with Crippen molar-refractivity contribution < 1.29 is 0 Å². The Labute approximate surface area is 114 Å². The maximum Gasteiger partial charge on any atom is 0.0345 e. The second-order valence-corrected chi connectivity index (χ2v) is 5.89. The lowest BCUT2D eigenvalue weighted by Gasteiger charge is -2.21. The second kappa shape index (κ2) is 6.32. The van der Waals surface area contributed by atoms with Gasteiger partial charge in [-0.15, -0.1) is 11.3 Å². The highest BCUT2D eigenvalue weighted by Crippen LogP contribution is 2.26. The van der Waals surface area contributed by atoms with Gasteiger partial charge in [0.2, 0.25) is 0 Å². The molecule has 18 heavy (non-hydrogen) atoms. The third-order valence-electron chi connectivity index (χ3n) is 3.11. The zero-order valence-electron chi connectivity index (χ0n) is 11.4. The molecule has 1 aromatic heterocycles. The quantitative estimate of drug-likeness (QED) is 0.861. The van der Waals surface area contributed by atoms with Crippen LogP contribution in [0.4, 0.5) is 0 Å². The fourth-order valence-electron chi connectivity index (χ4n) is 2.39. The highest BCUT2D eigenvalue weighted by Gasteiger charge is 2.12. The molecule has 0 aliphatic heterocycles. The molecule has 2 aromatic rings. The first-order valence-corrected chi connectivity index (χ1v) is 7.42. The number of benzene rings is 1. The van der Waals surface area contributed by atoms with Gasteiger partial charge in [-0.05, 0) is 49.5 Å². The van der Waals surface area contributed by atoms with Crippen molar-refractivity contribution in [1.29, 1.82) is 0 Å². The minimum absolute atomic E-state index is 0.531. The fourth-order valence-corrected chi connectivity index (χ4v) is 3.36. The average molecular weight is 262 g/mol. The normalized spacial score (nSPS) is 13.3. The van der Waals surface area contributed by atoms with Gasteiger partial charge in [-0.2, -0.15) is 0 Å². The molecule has 3 heteroatoms. The number of nitrogens with zero attached hydrogens (tertiary/aromatic N) is 1. The Hall–Kier alpha value is -0.900. The van der Waals surface area contributed by atoms with E-state index in [4.69, 9.17) is 0 Å². The molecule has 0 saturated heterocycles. The Kier molecular flexibility index (Phi) is 4.75. The highest BCUT2D eigenvalue weighted by molar-refractivity contribution is 7.17. The van der Waals surface area contributed by atoms with Crippen LogP contribution in [0.15, 0.2) is 29.6 Å². The number of fused-ring (bicyclic) bond motifs is 1. The summed E-state index contributed by atoms with van der Waals surface area (Å²) in [5, 5.41) is 7.31. The molecule has 98 valence electrons. The van der Waals surface area contributed by atoms with Crippen LogP contribution in [-0.2, 0) is 6.42 Å². The minimum Gasteiger partial charge on any atom is -0.313 e. The second-order valence-electron chi connectivity index (χ2n) is 4.98. The maximum atomic E-state index is 3.58. The van der Waals surface area contributed by atoms with Crippen molar-refractivity contribution in [3.05, 3.63) is 35.2 Å². The van der Waals surface area contributed by atoms with Crippen molar-refractivity contribution in [2.75, 3.05) is 27.2 Å². The topological polar surface area (TPSA) is 15.3 Å². The summed E-state index contributed by atoms with van der Waals surface area (Å²) >= 11 is 1.85. The molecule has 1 aromatic carbocycles. The number of thiophene rings is 1. The van der Waals surface area contributed by atoms with E-state index in [1.807, 2.05) is 11.3 Å². The molecular formula is C15H22N2S. The number of hydrogen-bond acceptors (Lipinski definition) is 3. The molecule has 0 amide bonds. The lowest BCUT2D eigenvalue weighted by Crippen LogP contribution is -2.39. The van der Waals surface area contributed by atoms with Crippen molar-refractivity contribution in [3.8, 4) is 0 Å². The van der Waals surface area contributed by atoms with Gasteiger partial charge >= 0.3 is 0 Å². The lowest BCUT2D eigenvalue weighted by molar-refractivity contribution is 0.339. The Morgan fingerprint density at radius 2 is 2.06 bits per heavy atom. The van der Waals surface area contributed by atoms with Crippen molar-refractivity contribution in [2.45, 2.75) is 19.4 Å². The van der Waals surface area contributed by atoms with Crippen LogP contribution in [0.25, 0.3) is 10.1 Å². The Morgan fingerprint density at radius 1 is 1.28 bits per heavy atom. The van der Waals surface area contributed by atoms with Gasteiger partial charge < -0.3 is 10.2 Å². The summed E-state index contributed by atoms with van der Waals surface area (Å²) in [6.45, 7) is 4.28. The third kappa shape index (κ3) is 3.31. The predicted octanol–water partition coefficient (Wildman–Crippen LogP) is 2.98. The lowest BCUT2D eigenvalue weighted by atomic mass is 10.0. The van der Waals surface area contributed by atoms with E-state index < -0.39 is 0 Å². The van der Waals surface area contributed by atoms with Crippen molar-refractivity contribution in [2.24, 2.45) is 0 Å². The van der Waals surface area contributed by atoms with Gasteiger partial charge in [0.1, 0.15) is 0 Å². The van der Waals surface area contributed by atoms with Crippen LogP contribution in [0.5, 0.6) is 0 Å². The van der Waals surface area contributed by atoms with Gasteiger partial charge in [0.15, 0.2) is 0 Å². The van der Waals surface area contributed by atoms with Gasteiger partial charge in [0.25, 0.3) is 0 Å². The fraction of sp³-hybridized carbons (Fsp3) is 0.467. The van der Waals surface area contributed by atoms with E-state index in [9.17, 15) is 0 Å². The van der Waals surface area contributed by atoms with Crippen molar-refractivity contribution in [1.82, 2.24) is 10.2 Å². The largest absolute Gasteiger partial charge is 0.313 e. The molecule has 2 nitrogen and oxygen atoms in total. The molecule has 0 saturated carbocycles. The molecule has 0 radical (unpaired) electrons. The van der Waals surface area contributed by atoms with Crippen LogP contribution < -0.4 is 5.32 Å². The number of nitrogens with one attached hydrogen (secondary N) is 1. The van der Waals surface area contributed by atoms with Crippen LogP contribution in [0, 0.1) is 0 Å². The highest BCUT2D eigenvalue weighted by atomic mass is 32.1. The summed E-state index contributed by atoms with van der Waals surface area (Å²) in [6, 6.07) is 9.22. The standard InChI is InChI=1S/C15H22N2S/c1-4-16-13(10-17(2)3)9-12-11-18-15-8-6-5-7-14(12)15/h5-8,11,13,16H,4,9-10H2,1-3H3. The summed E-state index contributed by atoms with van der Waals surface area (Å²) in [5.41, 5.74) is 1.48. The minimum atomic E-state index is 0.531. The molecule has 0 spiro atoms. The summed E-state index contributed by atoms with van der Waals surface area (Å²) in [7, 11) is 4.27. The van der Waals surface area contributed by atoms with E-state index >= 15 is 0 Å². The predicted molar refractivity (Wildman–Crippen MR) is 81.5 cm³/mol. The Bertz CT molecular complexity index is 490. The molecule has 1 N–H and O–H groups in total. The first-order chi connectivity index (χ1) is 8.70. The number of likely N-dealkylation sites (N-methyl/N-ethyl adjacent to an activating group) is 2. The van der Waals surface area contributed by atoms with Crippen LogP contribution in [0.2, 0.25) is 0 Å². The van der Waals surface area contributed by atoms with Crippen molar-refractivity contribution in [3.63, 3.8) is 0 Å². The summed E-state index contributed by atoms with van der Waals surface area (Å²) in [6.07, 6.45) is 1.11. The van der Waals surface area contributed by atoms with E-state index in [1.165, 1.54) is 15.6 Å². The maximum absolute atomic E-state index is 3.58. The summed E-state index contributed by atoms with van der Waals surface area (Å²) in [5.74, 6) is 0. The van der Waals surface area contributed by atoms with Gasteiger partial charge in [-0.25, -0.2) is 0 Å². The SMILES string of the molecule is CCNC(Cc1csc2ccccc12)CN(C)C. The smallest absolute Gasteiger partial charge is 0.0345 e. The molecule has 1 atom stereocenters. The van der Waals surface area contributed by atoms with Crippen LogP contribution in [0.1, 0.15) is 12.5 Å². The third-order valence-corrected chi connectivity index (χ3v) is 4.12. The van der Waals surface area contributed by atoms with Crippen molar-refractivity contribution >= 4 is 21.4 Å². The molecule has 0 aliphatic rings. The average Bonchev–Trinajstić information content (AvgIpc) is 2.72. The van der Waals surface area contributed by atoms with Gasteiger partial charge in [-0.3, -0.25) is 0 Å². The monoisotopic (exact) mass is 262 g/mol. The molecule has 2 rings (SSSR count). The van der Waals surface area contributed by atoms with E-state index in [1.54, 1.807) is 0 Å². The van der Waals surface area contributed by atoms with Crippen LogP contribution in [-0.4, -0.2) is 38.1 Å².